The van der Waals surface area contributed by atoms with E-state index in [-0.39, 0.29) is 5.82 Å². The van der Waals surface area contributed by atoms with Gasteiger partial charge in [0.15, 0.2) is 5.82 Å². The van der Waals surface area contributed by atoms with Gasteiger partial charge in [-0.2, -0.15) is 0 Å². The summed E-state index contributed by atoms with van der Waals surface area (Å²) in [7, 11) is 0. The molecule has 0 spiro atoms. The van der Waals surface area contributed by atoms with Gasteiger partial charge < -0.3 is 9.47 Å². The van der Waals surface area contributed by atoms with E-state index in [1.807, 2.05) is 0 Å². The second-order valence-corrected chi connectivity index (χ2v) is 6.65. The first-order valence-electron chi connectivity index (χ1n) is 6.91. The molecular formula is C15H23N3O4. The molecule has 2 amide bonds. The Labute approximate surface area is 130 Å². The molecule has 0 unspecified atom stereocenters. The minimum atomic E-state index is -0.654. The fourth-order valence-corrected chi connectivity index (χ4v) is 1.42. The van der Waals surface area contributed by atoms with E-state index < -0.39 is 23.4 Å². The monoisotopic (exact) mass is 309 g/mol. The number of nitrogens with one attached hydrogen (secondary N) is 2. The van der Waals surface area contributed by atoms with Crippen molar-refractivity contribution in [2.45, 2.75) is 52.7 Å². The van der Waals surface area contributed by atoms with Gasteiger partial charge in [-0.05, 0) is 53.7 Å². The Hall–Kier alpha value is -2.31. The highest BCUT2D eigenvalue weighted by atomic mass is 16.6. The lowest BCUT2D eigenvalue weighted by molar-refractivity contribution is 0.0620. The van der Waals surface area contributed by atoms with Gasteiger partial charge in [0.2, 0.25) is 0 Å². The first kappa shape index (κ1) is 17.7. The second kappa shape index (κ2) is 6.64. The standard InChI is InChI=1S/C15H23N3O4/c1-14(2,3)21-12(19)17-10-8-7-9-16-11(10)18-13(20)22-15(4,5)6/h7-9H,1-6H3,(H,17,19)(H,16,18,20). The van der Waals surface area contributed by atoms with E-state index in [4.69, 9.17) is 9.47 Å². The molecule has 122 valence electrons. The van der Waals surface area contributed by atoms with E-state index in [9.17, 15) is 9.59 Å². The largest absolute Gasteiger partial charge is 0.444 e. The summed E-state index contributed by atoms with van der Waals surface area (Å²) in [5.41, 5.74) is -0.925. The molecule has 7 nitrogen and oxygen atoms in total. The van der Waals surface area contributed by atoms with Crippen LogP contribution >= 0.6 is 0 Å². The molecule has 0 aromatic carbocycles. The topological polar surface area (TPSA) is 89.5 Å². The number of carbonyl (C=O) groups is 2. The number of hydrogen-bond acceptors (Lipinski definition) is 5. The number of pyridine rings is 1. The van der Waals surface area contributed by atoms with Crippen molar-refractivity contribution in [3.8, 4) is 0 Å². The first-order valence-corrected chi connectivity index (χ1v) is 6.91. The zero-order valence-corrected chi connectivity index (χ0v) is 13.8. The first-order chi connectivity index (χ1) is 9.96. The molecule has 0 fully saturated rings. The van der Waals surface area contributed by atoms with Gasteiger partial charge in [-0.15, -0.1) is 0 Å². The summed E-state index contributed by atoms with van der Waals surface area (Å²) in [5, 5.41) is 5.03. The highest BCUT2D eigenvalue weighted by Gasteiger charge is 2.20. The summed E-state index contributed by atoms with van der Waals surface area (Å²) in [4.78, 5) is 27.6. The van der Waals surface area contributed by atoms with Crippen molar-refractivity contribution in [3.05, 3.63) is 18.3 Å². The normalized spacial score (nSPS) is 11.5. The Morgan fingerprint density at radius 3 is 1.95 bits per heavy atom. The van der Waals surface area contributed by atoms with Crippen LogP contribution in [0.25, 0.3) is 0 Å². The lowest BCUT2D eigenvalue weighted by Gasteiger charge is -2.21. The summed E-state index contributed by atoms with van der Waals surface area (Å²) < 4.78 is 10.3. The van der Waals surface area contributed by atoms with Gasteiger partial charge in [0.05, 0.1) is 5.69 Å². The molecule has 0 atom stereocenters. The fourth-order valence-electron chi connectivity index (χ4n) is 1.42. The Kier molecular flexibility index (Phi) is 5.35. The van der Waals surface area contributed by atoms with Crippen LogP contribution in [-0.2, 0) is 9.47 Å². The molecule has 1 heterocycles. The van der Waals surface area contributed by atoms with Gasteiger partial charge in [0, 0.05) is 6.20 Å². The minimum absolute atomic E-state index is 0.183. The highest BCUT2D eigenvalue weighted by molar-refractivity contribution is 5.93. The van der Waals surface area contributed by atoms with Crippen molar-refractivity contribution in [3.63, 3.8) is 0 Å². The summed E-state index contributed by atoms with van der Waals surface area (Å²) in [6.07, 6.45) is 0.207. The Balaban J connectivity index is 2.78. The zero-order chi connectivity index (χ0) is 17.0. The smallest absolute Gasteiger partial charge is 0.413 e. The van der Waals surface area contributed by atoms with Gasteiger partial charge in [-0.25, -0.2) is 14.6 Å². The lowest BCUT2D eigenvalue weighted by Crippen LogP contribution is -2.29. The number of anilines is 2. The van der Waals surface area contributed by atoms with Crippen molar-refractivity contribution in [1.82, 2.24) is 4.98 Å². The fraction of sp³-hybridized carbons (Fsp3) is 0.533. The lowest BCUT2D eigenvalue weighted by atomic mass is 10.2. The predicted molar refractivity (Wildman–Crippen MR) is 84.0 cm³/mol. The molecule has 0 saturated heterocycles. The third-order valence-electron chi connectivity index (χ3n) is 2.06. The maximum Gasteiger partial charge on any atom is 0.413 e. The number of ether oxygens (including phenoxy) is 2. The van der Waals surface area contributed by atoms with Crippen LogP contribution in [0.3, 0.4) is 0 Å². The van der Waals surface area contributed by atoms with E-state index in [2.05, 4.69) is 15.6 Å². The van der Waals surface area contributed by atoms with Crippen molar-refractivity contribution in [1.29, 1.82) is 0 Å². The predicted octanol–water partition coefficient (Wildman–Crippen LogP) is 3.78. The molecule has 1 aromatic rings. The molecular weight excluding hydrogens is 286 g/mol. The summed E-state index contributed by atoms with van der Waals surface area (Å²) >= 11 is 0. The average molecular weight is 309 g/mol. The van der Waals surface area contributed by atoms with Crippen LogP contribution in [0.5, 0.6) is 0 Å². The Morgan fingerprint density at radius 2 is 1.45 bits per heavy atom. The number of aromatic nitrogens is 1. The molecule has 0 aliphatic rings. The van der Waals surface area contributed by atoms with E-state index in [1.54, 1.807) is 53.7 Å². The SMILES string of the molecule is CC(C)(C)OC(=O)Nc1cccnc1NC(=O)OC(C)(C)C. The molecule has 0 aliphatic heterocycles. The van der Waals surface area contributed by atoms with E-state index in [1.165, 1.54) is 6.20 Å². The van der Waals surface area contributed by atoms with Crippen LogP contribution in [0.1, 0.15) is 41.5 Å². The van der Waals surface area contributed by atoms with E-state index >= 15 is 0 Å². The highest BCUT2D eigenvalue weighted by Crippen LogP contribution is 2.20. The molecule has 7 heteroatoms. The van der Waals surface area contributed by atoms with Crippen LogP contribution < -0.4 is 10.6 Å². The Morgan fingerprint density at radius 1 is 0.955 bits per heavy atom. The van der Waals surface area contributed by atoms with Crippen molar-refractivity contribution < 1.29 is 19.1 Å². The van der Waals surface area contributed by atoms with Crippen LogP contribution in [-0.4, -0.2) is 28.4 Å². The third-order valence-corrected chi connectivity index (χ3v) is 2.06. The van der Waals surface area contributed by atoms with Crippen LogP contribution in [0.15, 0.2) is 18.3 Å². The molecule has 0 bridgehead atoms. The van der Waals surface area contributed by atoms with Crippen LogP contribution in [0.4, 0.5) is 21.1 Å². The molecule has 0 aliphatic carbocycles. The number of hydrogen-bond donors (Lipinski definition) is 2. The maximum absolute atomic E-state index is 11.8. The third kappa shape index (κ3) is 6.92. The van der Waals surface area contributed by atoms with E-state index in [0.717, 1.165) is 0 Å². The van der Waals surface area contributed by atoms with Gasteiger partial charge >= 0.3 is 12.2 Å². The number of carbonyl (C=O) groups excluding carboxylic acids is 2. The van der Waals surface area contributed by atoms with Crippen molar-refractivity contribution in [2.24, 2.45) is 0 Å². The quantitative estimate of drug-likeness (QED) is 0.867. The maximum atomic E-state index is 11.8. The molecule has 1 aromatic heterocycles. The number of rotatable bonds is 2. The molecule has 0 radical (unpaired) electrons. The number of nitrogens with zero attached hydrogens (tertiary/aromatic N) is 1. The zero-order valence-electron chi connectivity index (χ0n) is 13.8. The number of amides is 2. The minimum Gasteiger partial charge on any atom is -0.444 e. The van der Waals surface area contributed by atoms with Crippen molar-refractivity contribution in [2.75, 3.05) is 10.6 Å². The second-order valence-electron chi connectivity index (χ2n) is 6.65. The van der Waals surface area contributed by atoms with Crippen molar-refractivity contribution >= 4 is 23.7 Å². The summed E-state index contributed by atoms with van der Waals surface area (Å²) in [5.74, 6) is 0.183. The van der Waals surface area contributed by atoms with Gasteiger partial charge in [0.1, 0.15) is 11.2 Å². The Bertz CT molecular complexity index is 495. The van der Waals surface area contributed by atoms with Crippen LogP contribution in [0, 0.1) is 0 Å². The van der Waals surface area contributed by atoms with Gasteiger partial charge in [0.25, 0.3) is 0 Å². The molecule has 1 rings (SSSR count). The van der Waals surface area contributed by atoms with Gasteiger partial charge in [-0.1, -0.05) is 0 Å². The van der Waals surface area contributed by atoms with Gasteiger partial charge in [-0.3, -0.25) is 10.6 Å². The van der Waals surface area contributed by atoms with E-state index in [0.29, 0.717) is 5.69 Å². The summed E-state index contributed by atoms with van der Waals surface area (Å²) in [6, 6.07) is 3.23. The molecule has 2 N–H and O–H groups in total. The van der Waals surface area contributed by atoms with Crippen LogP contribution in [0.2, 0.25) is 0 Å². The molecule has 22 heavy (non-hydrogen) atoms. The molecule has 0 saturated carbocycles. The summed E-state index contributed by atoms with van der Waals surface area (Å²) in [6.45, 7) is 10.5. The average Bonchev–Trinajstić information content (AvgIpc) is 2.26.